The van der Waals surface area contributed by atoms with Crippen LogP contribution in [0.25, 0.3) is 0 Å². The van der Waals surface area contributed by atoms with Gasteiger partial charge in [-0.05, 0) is 50.2 Å². The van der Waals surface area contributed by atoms with Crippen LogP contribution in [0.3, 0.4) is 0 Å². The second-order valence-electron chi connectivity index (χ2n) is 6.80. The summed E-state index contributed by atoms with van der Waals surface area (Å²) in [5.74, 6) is -2.98. The van der Waals surface area contributed by atoms with Gasteiger partial charge in [0.2, 0.25) is 5.78 Å². The van der Waals surface area contributed by atoms with Crippen LogP contribution in [0, 0.1) is 0 Å². The number of hydrogen-bond acceptors (Lipinski definition) is 5. The molecule has 194 valence electrons. The lowest BCUT2D eigenvalue weighted by Gasteiger charge is -2.27. The minimum Gasteiger partial charge on any atom is -0.363 e. The van der Waals surface area contributed by atoms with E-state index in [9.17, 15) is 35.7 Å². The highest BCUT2D eigenvalue weighted by molar-refractivity contribution is 7.56. The summed E-state index contributed by atoms with van der Waals surface area (Å²) in [5, 5.41) is 3.77. The average molecular weight is 567 g/mol. The van der Waals surface area contributed by atoms with Crippen molar-refractivity contribution in [2.75, 3.05) is 23.8 Å². The Hall–Kier alpha value is -1.98. The van der Waals surface area contributed by atoms with Gasteiger partial charge in [-0.3, -0.25) is 9.36 Å². The first-order chi connectivity index (χ1) is 16.1. The minimum atomic E-state index is -4.69. The molecule has 0 fully saturated rings. The largest absolute Gasteiger partial charge is 0.416 e. The van der Waals surface area contributed by atoms with Crippen LogP contribution in [0.2, 0.25) is 10.0 Å². The molecule has 1 amide bonds. The fourth-order valence-corrected chi connectivity index (χ4v) is 4.99. The maximum atomic E-state index is 13.4. The van der Waals surface area contributed by atoms with Gasteiger partial charge in [-0.15, -0.1) is 0 Å². The maximum absolute atomic E-state index is 13.4. The van der Waals surface area contributed by atoms with Crippen LogP contribution >= 0.6 is 30.8 Å². The summed E-state index contributed by atoms with van der Waals surface area (Å²) in [5.41, 5.74) is -2.60. The molecule has 0 radical (unpaired) electrons. The number of nitrogens with one attached hydrogen (secondary N) is 2. The standard InChI is InChI=1S/C20H19Cl2F6N2O4P/c1-3-33-35(32,34-4-2)18(30-16-8-6-12(10-14(16)22)20(26,27)28)17(31)29-15-7-5-11(9-13(15)21)19(23,24)25/h5-10,18,30H,3-4H2,1-2H3,(H,29,31). The molecule has 0 aliphatic heterocycles. The molecule has 0 saturated carbocycles. The summed E-state index contributed by atoms with van der Waals surface area (Å²) in [6.45, 7) is 2.56. The number of hydrogen-bond donors (Lipinski definition) is 2. The Labute approximate surface area is 206 Å². The highest BCUT2D eigenvalue weighted by atomic mass is 35.5. The van der Waals surface area contributed by atoms with E-state index in [0.717, 1.165) is 12.1 Å². The Morgan fingerprint density at radius 2 is 1.31 bits per heavy atom. The fourth-order valence-electron chi connectivity index (χ4n) is 2.78. The minimum absolute atomic E-state index is 0.176. The zero-order chi connectivity index (χ0) is 26.6. The Morgan fingerprint density at radius 1 is 0.886 bits per heavy atom. The maximum Gasteiger partial charge on any atom is 0.416 e. The van der Waals surface area contributed by atoms with Crippen LogP contribution in [0.5, 0.6) is 0 Å². The number of alkyl halides is 6. The van der Waals surface area contributed by atoms with E-state index >= 15 is 0 Å². The molecule has 35 heavy (non-hydrogen) atoms. The molecule has 0 aliphatic carbocycles. The number of benzene rings is 2. The van der Waals surface area contributed by atoms with E-state index in [1.54, 1.807) is 0 Å². The van der Waals surface area contributed by atoms with Gasteiger partial charge in [0, 0.05) is 0 Å². The van der Waals surface area contributed by atoms with Gasteiger partial charge >= 0.3 is 19.9 Å². The molecule has 15 heteroatoms. The predicted molar refractivity (Wildman–Crippen MR) is 120 cm³/mol. The van der Waals surface area contributed by atoms with Crippen molar-refractivity contribution in [2.45, 2.75) is 32.0 Å². The predicted octanol–water partition coefficient (Wildman–Crippen LogP) is 7.67. The topological polar surface area (TPSA) is 76.7 Å². The number of anilines is 2. The molecule has 0 aromatic heterocycles. The summed E-state index contributed by atoms with van der Waals surface area (Å²) in [6, 6.07) is 4.33. The SMILES string of the molecule is CCOP(=O)(OCC)C(Nc1ccc(C(F)(F)F)cc1Cl)C(=O)Nc1ccc(C(F)(F)F)cc1Cl. The molecule has 0 saturated heterocycles. The van der Waals surface area contributed by atoms with Crippen molar-refractivity contribution in [1.29, 1.82) is 0 Å². The third-order valence-corrected chi connectivity index (χ3v) is 7.18. The zero-order valence-electron chi connectivity index (χ0n) is 18.1. The molecule has 2 aromatic rings. The van der Waals surface area contributed by atoms with Crippen molar-refractivity contribution in [2.24, 2.45) is 0 Å². The molecule has 0 heterocycles. The van der Waals surface area contributed by atoms with E-state index in [0.29, 0.717) is 24.3 Å². The fraction of sp³-hybridized carbons (Fsp3) is 0.350. The van der Waals surface area contributed by atoms with Crippen LogP contribution in [0.1, 0.15) is 25.0 Å². The van der Waals surface area contributed by atoms with E-state index in [-0.39, 0.29) is 24.6 Å². The van der Waals surface area contributed by atoms with Gasteiger partial charge in [0.15, 0.2) is 0 Å². The zero-order valence-corrected chi connectivity index (χ0v) is 20.5. The molecule has 1 unspecified atom stereocenters. The Bertz CT molecular complexity index is 1100. The van der Waals surface area contributed by atoms with Crippen molar-refractivity contribution in [3.05, 3.63) is 57.6 Å². The van der Waals surface area contributed by atoms with Gasteiger partial charge in [0.25, 0.3) is 5.91 Å². The first kappa shape index (κ1) is 29.3. The van der Waals surface area contributed by atoms with Gasteiger partial charge in [0.05, 0.1) is 45.8 Å². The second kappa shape index (κ2) is 11.4. The van der Waals surface area contributed by atoms with Crippen molar-refractivity contribution in [3.63, 3.8) is 0 Å². The van der Waals surface area contributed by atoms with Crippen molar-refractivity contribution in [3.8, 4) is 0 Å². The van der Waals surface area contributed by atoms with Gasteiger partial charge in [-0.1, -0.05) is 23.2 Å². The first-order valence-electron chi connectivity index (χ1n) is 9.82. The highest BCUT2D eigenvalue weighted by Gasteiger charge is 2.42. The quantitative estimate of drug-likeness (QED) is 0.240. The van der Waals surface area contributed by atoms with Crippen molar-refractivity contribution < 1.29 is 44.7 Å². The lowest BCUT2D eigenvalue weighted by atomic mass is 10.2. The first-order valence-corrected chi connectivity index (χ1v) is 12.2. The Balaban J connectivity index is 2.45. The van der Waals surface area contributed by atoms with E-state index in [1.165, 1.54) is 13.8 Å². The van der Waals surface area contributed by atoms with Gasteiger partial charge < -0.3 is 19.7 Å². The lowest BCUT2D eigenvalue weighted by Crippen LogP contribution is -2.36. The van der Waals surface area contributed by atoms with E-state index in [1.807, 2.05) is 0 Å². The molecule has 1 atom stereocenters. The van der Waals surface area contributed by atoms with Gasteiger partial charge in [-0.25, -0.2) is 0 Å². The molecule has 0 spiro atoms. The Kier molecular flexibility index (Phi) is 9.52. The number of halogens is 8. The van der Waals surface area contributed by atoms with E-state index in [4.69, 9.17) is 32.2 Å². The Morgan fingerprint density at radius 3 is 1.69 bits per heavy atom. The molecule has 2 N–H and O–H groups in total. The summed E-state index contributed by atoms with van der Waals surface area (Å²) in [7, 11) is -4.33. The van der Waals surface area contributed by atoms with Crippen molar-refractivity contribution >= 4 is 48.1 Å². The molecule has 2 rings (SSSR count). The highest BCUT2D eigenvalue weighted by Crippen LogP contribution is 2.54. The van der Waals surface area contributed by atoms with Crippen LogP contribution in [-0.2, 0) is 30.8 Å². The normalized spacial score (nSPS) is 13.4. The van der Waals surface area contributed by atoms with Crippen LogP contribution in [-0.4, -0.2) is 24.9 Å². The second-order valence-corrected chi connectivity index (χ2v) is 9.72. The molecular formula is C20H19Cl2F6N2O4P. The summed E-state index contributed by atoms with van der Waals surface area (Å²) < 4.78 is 101. The summed E-state index contributed by atoms with van der Waals surface area (Å²) in [4.78, 5) is 13.1. The van der Waals surface area contributed by atoms with E-state index in [2.05, 4.69) is 10.6 Å². The average Bonchev–Trinajstić information content (AvgIpc) is 2.73. The van der Waals surface area contributed by atoms with Crippen LogP contribution in [0.15, 0.2) is 36.4 Å². The summed E-state index contributed by atoms with van der Waals surface area (Å²) in [6.07, 6.45) is -9.38. The van der Waals surface area contributed by atoms with E-state index < -0.39 is 52.8 Å². The smallest absolute Gasteiger partial charge is 0.363 e. The van der Waals surface area contributed by atoms with Crippen LogP contribution in [0.4, 0.5) is 37.7 Å². The number of carbonyl (C=O) groups is 1. The number of carbonyl (C=O) groups excluding carboxylic acids is 1. The molecular weight excluding hydrogens is 548 g/mol. The summed E-state index contributed by atoms with van der Waals surface area (Å²) >= 11 is 11.8. The number of rotatable bonds is 9. The molecule has 0 aliphatic rings. The van der Waals surface area contributed by atoms with Crippen molar-refractivity contribution in [1.82, 2.24) is 0 Å². The monoisotopic (exact) mass is 566 g/mol. The van der Waals surface area contributed by atoms with Crippen LogP contribution < -0.4 is 10.6 Å². The lowest BCUT2D eigenvalue weighted by molar-refractivity contribution is -0.138. The third kappa shape index (κ3) is 7.50. The molecule has 2 aromatic carbocycles. The van der Waals surface area contributed by atoms with Gasteiger partial charge in [0.1, 0.15) is 0 Å². The molecule has 0 bridgehead atoms. The molecule has 6 nitrogen and oxygen atoms in total. The third-order valence-electron chi connectivity index (χ3n) is 4.33. The van der Waals surface area contributed by atoms with Gasteiger partial charge in [-0.2, -0.15) is 26.3 Å². The number of amides is 1.